The molecule has 0 aromatic carbocycles. The number of carbonyl (C=O) groups excluding carboxylic acids is 1. The lowest BCUT2D eigenvalue weighted by Crippen LogP contribution is -2.38. The van der Waals surface area contributed by atoms with Crippen molar-refractivity contribution >= 4 is 11.9 Å². The summed E-state index contributed by atoms with van der Waals surface area (Å²) in [5.74, 6) is 0.493. The fourth-order valence-corrected chi connectivity index (χ4v) is 1.23. The van der Waals surface area contributed by atoms with Crippen molar-refractivity contribution in [1.82, 2.24) is 10.6 Å². The monoisotopic (exact) mass is 259 g/mol. The van der Waals surface area contributed by atoms with Crippen molar-refractivity contribution in [2.24, 2.45) is 4.99 Å². The average Bonchev–Trinajstić information content (AvgIpc) is 2.38. The van der Waals surface area contributed by atoms with E-state index in [1.165, 1.54) is 7.11 Å². The van der Waals surface area contributed by atoms with Crippen LogP contribution in [0.25, 0.3) is 0 Å². The quantitative estimate of drug-likeness (QED) is 0.273. The van der Waals surface area contributed by atoms with E-state index >= 15 is 0 Å². The van der Waals surface area contributed by atoms with Crippen molar-refractivity contribution in [3.8, 4) is 0 Å². The van der Waals surface area contributed by atoms with Crippen molar-refractivity contribution in [3.63, 3.8) is 0 Å². The average molecular weight is 259 g/mol. The van der Waals surface area contributed by atoms with Crippen LogP contribution >= 0.6 is 0 Å². The number of aliphatic imine (C=N–C) groups is 1. The fraction of sp³-hybridized carbons (Fsp3) is 0.833. The number of rotatable bonds is 9. The SMILES string of the molecule is CCNC(=NCCCOCC)NCCC(=O)OC. The first kappa shape index (κ1) is 16.7. The molecule has 0 unspecified atom stereocenters. The van der Waals surface area contributed by atoms with Crippen molar-refractivity contribution in [2.45, 2.75) is 26.7 Å². The van der Waals surface area contributed by atoms with E-state index in [4.69, 9.17) is 4.74 Å². The van der Waals surface area contributed by atoms with Crippen LogP contribution in [0.15, 0.2) is 4.99 Å². The summed E-state index contributed by atoms with van der Waals surface area (Å²) in [5, 5.41) is 6.19. The van der Waals surface area contributed by atoms with Crippen molar-refractivity contribution in [1.29, 1.82) is 0 Å². The fourth-order valence-electron chi connectivity index (χ4n) is 1.23. The number of hydrogen-bond donors (Lipinski definition) is 2. The third-order valence-electron chi connectivity index (χ3n) is 2.11. The molecule has 0 heterocycles. The number of guanidine groups is 1. The molecule has 0 rings (SSSR count). The Labute approximate surface area is 109 Å². The molecule has 106 valence electrons. The molecule has 0 spiro atoms. The summed E-state index contributed by atoms with van der Waals surface area (Å²) in [6, 6.07) is 0. The summed E-state index contributed by atoms with van der Waals surface area (Å²) in [5.41, 5.74) is 0. The Bertz CT molecular complexity index is 245. The third-order valence-corrected chi connectivity index (χ3v) is 2.11. The molecule has 0 amide bonds. The Kier molecular flexibility index (Phi) is 11.3. The number of nitrogens with one attached hydrogen (secondary N) is 2. The van der Waals surface area contributed by atoms with Crippen LogP contribution < -0.4 is 10.6 Å². The Balaban J connectivity index is 3.81. The predicted octanol–water partition coefficient (Wildman–Crippen LogP) is 0.531. The first-order valence-corrected chi connectivity index (χ1v) is 6.41. The number of ether oxygens (including phenoxy) is 2. The molecule has 0 aromatic heterocycles. The molecular weight excluding hydrogens is 234 g/mol. The minimum absolute atomic E-state index is 0.227. The first-order chi connectivity index (χ1) is 8.74. The molecule has 0 atom stereocenters. The van der Waals surface area contributed by atoms with Gasteiger partial charge in [0.25, 0.3) is 0 Å². The van der Waals surface area contributed by atoms with Gasteiger partial charge in [-0.25, -0.2) is 0 Å². The molecule has 0 saturated heterocycles. The Hall–Kier alpha value is -1.30. The molecule has 18 heavy (non-hydrogen) atoms. The highest BCUT2D eigenvalue weighted by Crippen LogP contribution is 1.86. The summed E-state index contributed by atoms with van der Waals surface area (Å²) in [7, 11) is 1.38. The Morgan fingerprint density at radius 1 is 1.28 bits per heavy atom. The highest BCUT2D eigenvalue weighted by molar-refractivity contribution is 5.80. The van der Waals surface area contributed by atoms with Gasteiger partial charge < -0.3 is 20.1 Å². The number of hydrogen-bond acceptors (Lipinski definition) is 4. The molecule has 0 aliphatic rings. The first-order valence-electron chi connectivity index (χ1n) is 6.41. The van der Waals surface area contributed by atoms with Crippen molar-refractivity contribution < 1.29 is 14.3 Å². The number of carbonyl (C=O) groups is 1. The third kappa shape index (κ3) is 9.89. The smallest absolute Gasteiger partial charge is 0.307 e. The Morgan fingerprint density at radius 2 is 2.06 bits per heavy atom. The maximum absolute atomic E-state index is 10.9. The lowest BCUT2D eigenvalue weighted by molar-refractivity contribution is -0.140. The molecular formula is C12H25N3O3. The lowest BCUT2D eigenvalue weighted by Gasteiger charge is -2.10. The Morgan fingerprint density at radius 3 is 2.67 bits per heavy atom. The molecule has 0 aliphatic carbocycles. The summed E-state index contributed by atoms with van der Waals surface area (Å²) < 4.78 is 9.79. The van der Waals surface area contributed by atoms with Gasteiger partial charge in [-0.05, 0) is 20.3 Å². The van der Waals surface area contributed by atoms with E-state index in [1.54, 1.807) is 0 Å². The van der Waals surface area contributed by atoms with Gasteiger partial charge in [0, 0.05) is 32.8 Å². The second kappa shape index (κ2) is 12.2. The molecule has 0 fully saturated rings. The van der Waals surface area contributed by atoms with Crippen LogP contribution in [0, 0.1) is 0 Å². The van der Waals surface area contributed by atoms with Gasteiger partial charge in [0.05, 0.1) is 13.5 Å². The molecule has 2 N–H and O–H groups in total. The van der Waals surface area contributed by atoms with E-state index in [9.17, 15) is 4.79 Å². The van der Waals surface area contributed by atoms with E-state index in [1.807, 2.05) is 13.8 Å². The maximum atomic E-state index is 10.9. The molecule has 0 saturated carbocycles. The molecule has 0 bridgehead atoms. The van der Waals surface area contributed by atoms with Crippen LogP contribution in [0.5, 0.6) is 0 Å². The van der Waals surface area contributed by atoms with Crippen LogP contribution in [0.4, 0.5) is 0 Å². The largest absolute Gasteiger partial charge is 0.469 e. The number of methoxy groups -OCH3 is 1. The van der Waals surface area contributed by atoms with E-state index in [2.05, 4.69) is 20.4 Å². The maximum Gasteiger partial charge on any atom is 0.307 e. The van der Waals surface area contributed by atoms with E-state index in [0.29, 0.717) is 19.5 Å². The predicted molar refractivity (Wildman–Crippen MR) is 71.7 cm³/mol. The zero-order chi connectivity index (χ0) is 13.6. The van der Waals surface area contributed by atoms with Gasteiger partial charge in [0.1, 0.15) is 0 Å². The normalized spacial score (nSPS) is 11.2. The number of nitrogens with zero attached hydrogens (tertiary/aromatic N) is 1. The van der Waals surface area contributed by atoms with Gasteiger partial charge in [-0.15, -0.1) is 0 Å². The van der Waals surface area contributed by atoms with Crippen LogP contribution in [0.1, 0.15) is 26.7 Å². The highest BCUT2D eigenvalue weighted by atomic mass is 16.5. The molecule has 0 aromatic rings. The van der Waals surface area contributed by atoms with Gasteiger partial charge in [0.15, 0.2) is 5.96 Å². The second-order valence-electron chi connectivity index (χ2n) is 3.56. The molecule has 6 nitrogen and oxygen atoms in total. The van der Waals surface area contributed by atoms with Crippen LogP contribution in [0.2, 0.25) is 0 Å². The van der Waals surface area contributed by atoms with Crippen LogP contribution in [-0.2, 0) is 14.3 Å². The van der Waals surface area contributed by atoms with Gasteiger partial charge in [0.2, 0.25) is 0 Å². The second-order valence-corrected chi connectivity index (χ2v) is 3.56. The van der Waals surface area contributed by atoms with E-state index < -0.39 is 0 Å². The summed E-state index contributed by atoms with van der Waals surface area (Å²) in [4.78, 5) is 15.3. The van der Waals surface area contributed by atoms with Gasteiger partial charge in [-0.1, -0.05) is 0 Å². The standard InChI is InChI=1S/C12H25N3O3/c1-4-13-12(14-8-6-10-18-5-2)15-9-7-11(16)17-3/h4-10H2,1-3H3,(H2,13,14,15). The van der Waals surface area contributed by atoms with Crippen LogP contribution in [-0.4, -0.2) is 51.9 Å². The van der Waals surface area contributed by atoms with Crippen molar-refractivity contribution in [2.75, 3.05) is 40.0 Å². The minimum atomic E-state index is -0.227. The van der Waals surface area contributed by atoms with Gasteiger partial charge in [-0.3, -0.25) is 9.79 Å². The van der Waals surface area contributed by atoms with Crippen molar-refractivity contribution in [3.05, 3.63) is 0 Å². The topological polar surface area (TPSA) is 72.0 Å². The minimum Gasteiger partial charge on any atom is -0.469 e. The zero-order valence-corrected chi connectivity index (χ0v) is 11.6. The summed E-state index contributed by atoms with van der Waals surface area (Å²) in [6.07, 6.45) is 1.22. The molecule has 0 radical (unpaired) electrons. The summed E-state index contributed by atoms with van der Waals surface area (Å²) >= 11 is 0. The highest BCUT2D eigenvalue weighted by Gasteiger charge is 2.01. The van der Waals surface area contributed by atoms with Gasteiger partial charge in [-0.2, -0.15) is 0 Å². The molecule has 0 aliphatic heterocycles. The van der Waals surface area contributed by atoms with E-state index in [-0.39, 0.29) is 5.97 Å². The summed E-state index contributed by atoms with van der Waals surface area (Å²) in [6.45, 7) is 7.44. The van der Waals surface area contributed by atoms with Gasteiger partial charge >= 0.3 is 5.97 Å². The number of esters is 1. The lowest BCUT2D eigenvalue weighted by atomic mass is 10.4. The van der Waals surface area contributed by atoms with Crippen LogP contribution in [0.3, 0.4) is 0 Å². The van der Waals surface area contributed by atoms with E-state index in [0.717, 1.165) is 32.1 Å². The molecule has 6 heteroatoms. The zero-order valence-electron chi connectivity index (χ0n) is 11.6.